The molecule has 0 aliphatic carbocycles. The molecule has 0 spiro atoms. The van der Waals surface area contributed by atoms with Crippen LogP contribution in [0.25, 0.3) is 0 Å². The van der Waals surface area contributed by atoms with E-state index in [9.17, 15) is 4.39 Å². The molecule has 1 aromatic carbocycles. The van der Waals surface area contributed by atoms with Gasteiger partial charge < -0.3 is 10.1 Å². The van der Waals surface area contributed by atoms with Crippen molar-refractivity contribution < 1.29 is 9.13 Å². The molecule has 1 N–H and O–H groups in total. The predicted octanol–water partition coefficient (Wildman–Crippen LogP) is 2.90. The van der Waals surface area contributed by atoms with Crippen molar-refractivity contribution in [1.29, 1.82) is 0 Å². The summed E-state index contributed by atoms with van der Waals surface area (Å²) < 4.78 is 18.7. The maximum absolute atomic E-state index is 13.2. The van der Waals surface area contributed by atoms with Crippen molar-refractivity contribution in [2.45, 2.75) is 32.4 Å². The Bertz CT molecular complexity index is 338. The van der Waals surface area contributed by atoms with E-state index in [2.05, 4.69) is 5.32 Å². The van der Waals surface area contributed by atoms with Crippen molar-refractivity contribution in [3.05, 3.63) is 35.6 Å². The smallest absolute Gasteiger partial charge is 0.123 e. The van der Waals surface area contributed by atoms with Gasteiger partial charge in [0.25, 0.3) is 0 Å². The van der Waals surface area contributed by atoms with E-state index in [0.717, 1.165) is 12.1 Å². The van der Waals surface area contributed by atoms with Crippen molar-refractivity contribution in [2.75, 3.05) is 13.7 Å². The van der Waals surface area contributed by atoms with Gasteiger partial charge in [-0.3, -0.25) is 0 Å². The van der Waals surface area contributed by atoms with Crippen LogP contribution in [0.5, 0.6) is 0 Å². The van der Waals surface area contributed by atoms with Crippen molar-refractivity contribution in [3.8, 4) is 0 Å². The quantitative estimate of drug-likeness (QED) is 0.832. The number of ether oxygens (including phenoxy) is 1. The first-order valence-electron chi connectivity index (χ1n) is 5.55. The topological polar surface area (TPSA) is 21.3 Å². The average molecular weight is 225 g/mol. The Morgan fingerprint density at radius 2 is 2.12 bits per heavy atom. The van der Waals surface area contributed by atoms with Gasteiger partial charge in [0, 0.05) is 7.11 Å². The average Bonchev–Trinajstić information content (AvgIpc) is 2.25. The Morgan fingerprint density at radius 1 is 1.44 bits per heavy atom. The van der Waals surface area contributed by atoms with Gasteiger partial charge in [-0.05, 0) is 38.1 Å². The van der Waals surface area contributed by atoms with Crippen LogP contribution in [0.15, 0.2) is 24.3 Å². The number of likely N-dealkylation sites (N-methyl/N-ethyl adjacent to an activating group) is 1. The Hall–Kier alpha value is -0.930. The van der Waals surface area contributed by atoms with Crippen LogP contribution in [0.4, 0.5) is 4.39 Å². The molecule has 0 saturated heterocycles. The molecule has 0 amide bonds. The molecule has 0 radical (unpaired) electrons. The minimum Gasteiger partial charge on any atom is -0.377 e. The number of benzene rings is 1. The molecule has 1 aromatic rings. The number of methoxy groups -OCH3 is 1. The molecule has 1 rings (SSSR count). The van der Waals surface area contributed by atoms with Crippen LogP contribution >= 0.6 is 0 Å². The third-order valence-corrected chi connectivity index (χ3v) is 2.81. The number of nitrogens with one attached hydrogen (secondary N) is 1. The summed E-state index contributed by atoms with van der Waals surface area (Å²) in [4.78, 5) is 0. The van der Waals surface area contributed by atoms with Crippen LogP contribution in [0.1, 0.15) is 32.4 Å². The Labute approximate surface area is 96.8 Å². The zero-order chi connectivity index (χ0) is 12.2. The molecular weight excluding hydrogens is 205 g/mol. The highest BCUT2D eigenvalue weighted by Crippen LogP contribution is 2.28. The van der Waals surface area contributed by atoms with Crippen LogP contribution < -0.4 is 5.32 Å². The second-order valence-electron chi connectivity index (χ2n) is 4.35. The van der Waals surface area contributed by atoms with Crippen LogP contribution in [-0.2, 0) is 4.74 Å². The summed E-state index contributed by atoms with van der Waals surface area (Å²) in [6, 6.07) is 6.62. The maximum Gasteiger partial charge on any atom is 0.123 e. The lowest BCUT2D eigenvalue weighted by Crippen LogP contribution is -2.40. The van der Waals surface area contributed by atoms with Crippen LogP contribution in [-0.4, -0.2) is 19.3 Å². The number of halogens is 1. The summed E-state index contributed by atoms with van der Waals surface area (Å²) in [6.45, 7) is 6.82. The molecule has 3 heteroatoms. The van der Waals surface area contributed by atoms with E-state index < -0.39 is 0 Å². The van der Waals surface area contributed by atoms with E-state index in [4.69, 9.17) is 4.74 Å². The lowest BCUT2D eigenvalue weighted by Gasteiger charge is -2.34. The first kappa shape index (κ1) is 13.1. The van der Waals surface area contributed by atoms with Crippen LogP contribution in [0.3, 0.4) is 0 Å². The normalized spacial score (nSPS) is 13.8. The lowest BCUT2D eigenvalue weighted by molar-refractivity contribution is -0.0107. The highest BCUT2D eigenvalue weighted by molar-refractivity contribution is 5.22. The highest BCUT2D eigenvalue weighted by Gasteiger charge is 2.30. The molecule has 0 aromatic heterocycles. The van der Waals surface area contributed by atoms with Gasteiger partial charge in [0.05, 0.1) is 11.6 Å². The molecule has 16 heavy (non-hydrogen) atoms. The summed E-state index contributed by atoms with van der Waals surface area (Å²) in [5.41, 5.74) is 0.540. The molecule has 0 fully saturated rings. The van der Waals surface area contributed by atoms with E-state index in [1.54, 1.807) is 19.2 Å². The summed E-state index contributed by atoms with van der Waals surface area (Å²) in [6.07, 6.45) is 0. The maximum atomic E-state index is 13.2. The molecule has 0 aliphatic heterocycles. The molecule has 0 heterocycles. The van der Waals surface area contributed by atoms with Crippen LogP contribution in [0.2, 0.25) is 0 Å². The molecule has 1 atom stereocenters. The molecular formula is C13H20FNO. The lowest BCUT2D eigenvalue weighted by atomic mass is 9.91. The molecule has 90 valence electrons. The molecule has 2 nitrogen and oxygen atoms in total. The van der Waals surface area contributed by atoms with Crippen molar-refractivity contribution >= 4 is 0 Å². The molecule has 0 aliphatic rings. The van der Waals surface area contributed by atoms with Gasteiger partial charge in [0.15, 0.2) is 0 Å². The largest absolute Gasteiger partial charge is 0.377 e. The Kier molecular flexibility index (Phi) is 4.44. The van der Waals surface area contributed by atoms with Gasteiger partial charge >= 0.3 is 0 Å². The summed E-state index contributed by atoms with van der Waals surface area (Å²) in [5, 5.41) is 3.33. The fraction of sp³-hybridized carbons (Fsp3) is 0.538. The first-order chi connectivity index (χ1) is 7.51. The molecule has 0 saturated carbocycles. The first-order valence-corrected chi connectivity index (χ1v) is 5.55. The van der Waals surface area contributed by atoms with Crippen molar-refractivity contribution in [2.24, 2.45) is 0 Å². The molecule has 0 bridgehead atoms. The van der Waals surface area contributed by atoms with E-state index in [1.807, 2.05) is 26.8 Å². The minimum atomic E-state index is -0.371. The third-order valence-electron chi connectivity index (χ3n) is 2.81. The number of hydrogen-bond donors (Lipinski definition) is 1. The van der Waals surface area contributed by atoms with Crippen molar-refractivity contribution in [3.63, 3.8) is 0 Å². The number of rotatable bonds is 5. The zero-order valence-corrected chi connectivity index (χ0v) is 10.4. The Balaban J connectivity index is 3.02. The molecule has 1 unspecified atom stereocenters. The van der Waals surface area contributed by atoms with Crippen LogP contribution in [0, 0.1) is 5.82 Å². The van der Waals surface area contributed by atoms with E-state index in [0.29, 0.717) is 0 Å². The Morgan fingerprint density at radius 3 is 2.62 bits per heavy atom. The van der Waals surface area contributed by atoms with Gasteiger partial charge in [-0.15, -0.1) is 0 Å². The monoisotopic (exact) mass is 225 g/mol. The zero-order valence-electron chi connectivity index (χ0n) is 10.4. The minimum absolute atomic E-state index is 0.0156. The fourth-order valence-electron chi connectivity index (χ4n) is 1.77. The standard InChI is InChI=1S/C13H20FNO/c1-5-15-12(13(2,3)16-4)10-7-6-8-11(14)9-10/h6-9,12,15H,5H2,1-4H3. The summed E-state index contributed by atoms with van der Waals surface area (Å²) in [5.74, 6) is -0.215. The van der Waals surface area contributed by atoms with Gasteiger partial charge in [-0.1, -0.05) is 19.1 Å². The summed E-state index contributed by atoms with van der Waals surface area (Å²) >= 11 is 0. The van der Waals surface area contributed by atoms with Crippen molar-refractivity contribution in [1.82, 2.24) is 5.32 Å². The van der Waals surface area contributed by atoms with E-state index in [-0.39, 0.29) is 17.5 Å². The van der Waals surface area contributed by atoms with E-state index >= 15 is 0 Å². The van der Waals surface area contributed by atoms with Gasteiger partial charge in [-0.2, -0.15) is 0 Å². The SMILES string of the molecule is CCNC(c1cccc(F)c1)C(C)(C)OC. The number of hydrogen-bond acceptors (Lipinski definition) is 2. The van der Waals surface area contributed by atoms with E-state index in [1.165, 1.54) is 6.07 Å². The third kappa shape index (κ3) is 3.03. The predicted molar refractivity (Wildman–Crippen MR) is 63.9 cm³/mol. The second kappa shape index (κ2) is 5.41. The second-order valence-corrected chi connectivity index (χ2v) is 4.35. The van der Waals surface area contributed by atoms with Gasteiger partial charge in [0.2, 0.25) is 0 Å². The fourth-order valence-corrected chi connectivity index (χ4v) is 1.77. The van der Waals surface area contributed by atoms with Gasteiger partial charge in [-0.25, -0.2) is 4.39 Å². The summed E-state index contributed by atoms with van der Waals surface area (Å²) in [7, 11) is 1.67. The van der Waals surface area contributed by atoms with Gasteiger partial charge in [0.1, 0.15) is 5.82 Å². The highest BCUT2D eigenvalue weighted by atomic mass is 19.1.